The zero-order valence-corrected chi connectivity index (χ0v) is 12.8. The molecule has 0 bridgehead atoms. The molecule has 2 rings (SSSR count). The van der Waals surface area contributed by atoms with Crippen LogP contribution in [-0.2, 0) is 0 Å². The van der Waals surface area contributed by atoms with Crippen molar-refractivity contribution in [3.05, 3.63) is 63.6 Å². The Morgan fingerprint density at radius 1 is 1.11 bits per heavy atom. The lowest BCUT2D eigenvalue weighted by atomic mass is 10.0. The van der Waals surface area contributed by atoms with Crippen molar-refractivity contribution >= 4 is 15.9 Å². The largest absolute Gasteiger partial charge is 0.492 e. The van der Waals surface area contributed by atoms with Crippen LogP contribution in [0.1, 0.15) is 22.7 Å². The molecule has 0 saturated heterocycles. The predicted molar refractivity (Wildman–Crippen MR) is 82.5 cm³/mol. The number of aryl methyl sites for hydroxylation is 2. The van der Waals surface area contributed by atoms with Gasteiger partial charge < -0.3 is 10.5 Å². The van der Waals surface area contributed by atoms with Crippen molar-refractivity contribution in [2.45, 2.75) is 19.9 Å². The second-order valence-electron chi connectivity index (χ2n) is 4.72. The first-order valence-electron chi connectivity index (χ1n) is 6.27. The van der Waals surface area contributed by atoms with Crippen LogP contribution in [0.3, 0.4) is 0 Å². The molecule has 0 saturated carbocycles. The maximum atomic E-state index is 6.16. The molecule has 3 heteroatoms. The van der Waals surface area contributed by atoms with E-state index in [1.54, 1.807) is 0 Å². The predicted octanol–water partition coefficient (Wildman–Crippen LogP) is 4.14. The van der Waals surface area contributed by atoms with E-state index in [0.29, 0.717) is 6.61 Å². The van der Waals surface area contributed by atoms with Crippen molar-refractivity contribution in [1.29, 1.82) is 0 Å². The third-order valence-electron chi connectivity index (χ3n) is 3.18. The molecule has 0 aliphatic heterocycles. The average molecular weight is 320 g/mol. The minimum absolute atomic E-state index is 0.113. The Balaban J connectivity index is 2.01. The summed E-state index contributed by atoms with van der Waals surface area (Å²) in [5.41, 5.74) is 9.81. The summed E-state index contributed by atoms with van der Waals surface area (Å²) in [4.78, 5) is 0. The van der Waals surface area contributed by atoms with Gasteiger partial charge in [0.05, 0.1) is 6.04 Å². The van der Waals surface area contributed by atoms with Crippen molar-refractivity contribution in [1.82, 2.24) is 0 Å². The first-order chi connectivity index (χ1) is 9.06. The fourth-order valence-corrected chi connectivity index (χ4v) is 2.21. The van der Waals surface area contributed by atoms with Crippen LogP contribution < -0.4 is 10.5 Å². The summed E-state index contributed by atoms with van der Waals surface area (Å²) >= 11 is 3.42. The summed E-state index contributed by atoms with van der Waals surface area (Å²) in [6.07, 6.45) is 0. The van der Waals surface area contributed by atoms with Crippen LogP contribution in [0.2, 0.25) is 0 Å². The number of ether oxygens (including phenoxy) is 1. The monoisotopic (exact) mass is 319 g/mol. The maximum absolute atomic E-state index is 6.16. The quantitative estimate of drug-likeness (QED) is 0.919. The number of nitrogens with two attached hydrogens (primary N) is 1. The number of hydrogen-bond donors (Lipinski definition) is 1. The maximum Gasteiger partial charge on any atom is 0.120 e. The molecule has 1 unspecified atom stereocenters. The van der Waals surface area contributed by atoms with Gasteiger partial charge in [0.25, 0.3) is 0 Å². The van der Waals surface area contributed by atoms with Crippen LogP contribution in [0.15, 0.2) is 46.9 Å². The van der Waals surface area contributed by atoms with Crippen molar-refractivity contribution in [2.75, 3.05) is 6.61 Å². The Labute approximate surface area is 122 Å². The first kappa shape index (κ1) is 14.1. The zero-order chi connectivity index (χ0) is 13.8. The normalized spacial score (nSPS) is 12.2. The zero-order valence-electron chi connectivity index (χ0n) is 11.2. The third kappa shape index (κ3) is 3.82. The molecule has 0 heterocycles. The molecule has 2 aromatic carbocycles. The highest BCUT2D eigenvalue weighted by Gasteiger charge is 2.08. The van der Waals surface area contributed by atoms with E-state index in [1.807, 2.05) is 24.3 Å². The second-order valence-corrected chi connectivity index (χ2v) is 5.63. The molecule has 0 aliphatic carbocycles. The molecule has 0 amide bonds. The van der Waals surface area contributed by atoms with Crippen LogP contribution >= 0.6 is 15.9 Å². The highest BCUT2D eigenvalue weighted by molar-refractivity contribution is 9.10. The van der Waals surface area contributed by atoms with Gasteiger partial charge in [-0.1, -0.05) is 40.2 Å². The van der Waals surface area contributed by atoms with Gasteiger partial charge in [-0.25, -0.2) is 0 Å². The summed E-state index contributed by atoms with van der Waals surface area (Å²) in [5, 5.41) is 0. The van der Waals surface area contributed by atoms with E-state index in [0.717, 1.165) is 15.8 Å². The SMILES string of the molecule is Cc1ccc(C(N)COc2cccc(Br)c2)cc1C. The molecular weight excluding hydrogens is 302 g/mol. The minimum Gasteiger partial charge on any atom is -0.492 e. The topological polar surface area (TPSA) is 35.2 Å². The molecule has 0 aliphatic rings. The third-order valence-corrected chi connectivity index (χ3v) is 3.68. The Morgan fingerprint density at radius 3 is 2.58 bits per heavy atom. The van der Waals surface area contributed by atoms with Gasteiger partial charge in [-0.3, -0.25) is 0 Å². The van der Waals surface area contributed by atoms with E-state index < -0.39 is 0 Å². The van der Waals surface area contributed by atoms with Gasteiger partial charge in [-0.15, -0.1) is 0 Å². The van der Waals surface area contributed by atoms with E-state index in [9.17, 15) is 0 Å². The van der Waals surface area contributed by atoms with Gasteiger partial charge >= 0.3 is 0 Å². The number of halogens is 1. The van der Waals surface area contributed by atoms with Gasteiger partial charge in [0.2, 0.25) is 0 Å². The Kier molecular flexibility index (Phi) is 4.61. The second kappa shape index (κ2) is 6.22. The molecule has 2 nitrogen and oxygen atoms in total. The summed E-state index contributed by atoms with van der Waals surface area (Å²) in [5.74, 6) is 0.827. The summed E-state index contributed by atoms with van der Waals surface area (Å²) < 4.78 is 6.72. The van der Waals surface area contributed by atoms with E-state index in [4.69, 9.17) is 10.5 Å². The minimum atomic E-state index is -0.113. The van der Waals surface area contributed by atoms with E-state index in [-0.39, 0.29) is 6.04 Å². The fourth-order valence-electron chi connectivity index (χ4n) is 1.83. The van der Waals surface area contributed by atoms with Crippen molar-refractivity contribution in [3.8, 4) is 5.75 Å². The first-order valence-corrected chi connectivity index (χ1v) is 7.06. The van der Waals surface area contributed by atoms with Gasteiger partial charge in [-0.05, 0) is 48.7 Å². The average Bonchev–Trinajstić information content (AvgIpc) is 2.39. The lowest BCUT2D eigenvalue weighted by molar-refractivity contribution is 0.290. The lowest BCUT2D eigenvalue weighted by Gasteiger charge is -2.15. The van der Waals surface area contributed by atoms with Crippen LogP contribution in [0, 0.1) is 13.8 Å². The van der Waals surface area contributed by atoms with E-state index in [1.165, 1.54) is 11.1 Å². The highest BCUT2D eigenvalue weighted by atomic mass is 79.9. The Bertz CT molecular complexity index is 568. The smallest absolute Gasteiger partial charge is 0.120 e. The van der Waals surface area contributed by atoms with Crippen LogP contribution in [0.25, 0.3) is 0 Å². The van der Waals surface area contributed by atoms with Gasteiger partial charge in [0, 0.05) is 4.47 Å². The van der Waals surface area contributed by atoms with Crippen molar-refractivity contribution < 1.29 is 4.74 Å². The molecule has 100 valence electrons. The van der Waals surface area contributed by atoms with E-state index >= 15 is 0 Å². The summed E-state index contributed by atoms with van der Waals surface area (Å²) in [6, 6.07) is 14.0. The van der Waals surface area contributed by atoms with E-state index in [2.05, 4.69) is 48.0 Å². The fraction of sp³-hybridized carbons (Fsp3) is 0.250. The van der Waals surface area contributed by atoms with Gasteiger partial charge in [0.15, 0.2) is 0 Å². The van der Waals surface area contributed by atoms with Crippen molar-refractivity contribution in [2.24, 2.45) is 5.73 Å². The lowest BCUT2D eigenvalue weighted by Crippen LogP contribution is -2.19. The highest BCUT2D eigenvalue weighted by Crippen LogP contribution is 2.20. The molecule has 2 aromatic rings. The molecule has 1 atom stereocenters. The molecular formula is C16H18BrNO. The number of rotatable bonds is 4. The van der Waals surface area contributed by atoms with Crippen LogP contribution in [-0.4, -0.2) is 6.61 Å². The molecule has 0 spiro atoms. The van der Waals surface area contributed by atoms with Crippen molar-refractivity contribution in [3.63, 3.8) is 0 Å². The summed E-state index contributed by atoms with van der Waals surface area (Å²) in [7, 11) is 0. The van der Waals surface area contributed by atoms with Crippen LogP contribution in [0.5, 0.6) is 5.75 Å². The Hall–Kier alpha value is -1.32. The standard InChI is InChI=1S/C16H18BrNO/c1-11-6-7-13(8-12(11)2)16(18)10-19-15-5-3-4-14(17)9-15/h3-9,16H,10,18H2,1-2H3. The van der Waals surface area contributed by atoms with Crippen LogP contribution in [0.4, 0.5) is 0 Å². The van der Waals surface area contributed by atoms with Gasteiger partial charge in [-0.2, -0.15) is 0 Å². The molecule has 2 N–H and O–H groups in total. The molecule has 19 heavy (non-hydrogen) atoms. The summed E-state index contributed by atoms with van der Waals surface area (Å²) in [6.45, 7) is 4.67. The molecule has 0 fully saturated rings. The molecule has 0 aromatic heterocycles. The number of hydrogen-bond acceptors (Lipinski definition) is 2. The van der Waals surface area contributed by atoms with Gasteiger partial charge in [0.1, 0.15) is 12.4 Å². The number of benzene rings is 2. The Morgan fingerprint density at radius 2 is 1.89 bits per heavy atom. The molecule has 0 radical (unpaired) electrons.